The van der Waals surface area contributed by atoms with Crippen LogP contribution in [0.2, 0.25) is 0 Å². The molecule has 0 aliphatic heterocycles. The number of nitrogens with zero attached hydrogens (tertiary/aromatic N) is 1. The summed E-state index contributed by atoms with van der Waals surface area (Å²) < 4.78 is 42.5. The molecule has 0 aliphatic carbocycles. The fourth-order valence-electron chi connectivity index (χ4n) is 2.35. The molecule has 8 heteroatoms. The van der Waals surface area contributed by atoms with Gasteiger partial charge in [0.1, 0.15) is 0 Å². The van der Waals surface area contributed by atoms with Gasteiger partial charge in [-0.15, -0.1) is 0 Å². The van der Waals surface area contributed by atoms with Crippen molar-refractivity contribution >= 4 is 17.7 Å². The Balaban J connectivity index is 1.99. The van der Waals surface area contributed by atoms with Crippen LogP contribution in [0.15, 0.2) is 48.5 Å². The first-order valence-corrected chi connectivity index (χ1v) is 8.16. The van der Waals surface area contributed by atoms with Gasteiger partial charge in [0, 0.05) is 24.8 Å². The molecule has 2 aromatic rings. The number of amides is 2. The molecule has 1 N–H and O–H groups in total. The SMILES string of the molecule is CCOC(=O)Nc1ccc(C(=O)N(C)Cc2ccc(C(F)(F)F)cc2)cc1. The molecule has 0 saturated carbocycles. The van der Waals surface area contributed by atoms with Gasteiger partial charge in [-0.2, -0.15) is 13.2 Å². The summed E-state index contributed by atoms with van der Waals surface area (Å²) in [7, 11) is 1.56. The predicted octanol–water partition coefficient (Wildman–Crippen LogP) is 4.55. The van der Waals surface area contributed by atoms with E-state index >= 15 is 0 Å². The Hall–Kier alpha value is -3.03. The van der Waals surface area contributed by atoms with E-state index in [2.05, 4.69) is 5.32 Å². The third-order valence-electron chi connectivity index (χ3n) is 3.70. The zero-order chi connectivity index (χ0) is 20.0. The number of carbonyl (C=O) groups excluding carboxylic acids is 2. The molecule has 0 spiro atoms. The van der Waals surface area contributed by atoms with Crippen molar-refractivity contribution in [1.29, 1.82) is 0 Å². The Morgan fingerprint density at radius 2 is 1.63 bits per heavy atom. The van der Waals surface area contributed by atoms with Crippen LogP contribution in [0.5, 0.6) is 0 Å². The van der Waals surface area contributed by atoms with Gasteiger partial charge in [-0.05, 0) is 48.9 Å². The fraction of sp³-hybridized carbons (Fsp3) is 0.263. The van der Waals surface area contributed by atoms with Crippen LogP contribution in [-0.4, -0.2) is 30.6 Å². The van der Waals surface area contributed by atoms with E-state index in [1.807, 2.05) is 0 Å². The maximum Gasteiger partial charge on any atom is 0.416 e. The van der Waals surface area contributed by atoms with Gasteiger partial charge < -0.3 is 9.64 Å². The number of ether oxygens (including phenoxy) is 1. The minimum absolute atomic E-state index is 0.166. The number of anilines is 1. The first kappa shape index (κ1) is 20.3. The highest BCUT2D eigenvalue weighted by Crippen LogP contribution is 2.29. The molecule has 0 fully saturated rings. The Labute approximate surface area is 154 Å². The maximum absolute atomic E-state index is 12.6. The van der Waals surface area contributed by atoms with Crippen molar-refractivity contribution in [3.8, 4) is 0 Å². The molecule has 0 aromatic heterocycles. The lowest BCUT2D eigenvalue weighted by Gasteiger charge is -2.18. The van der Waals surface area contributed by atoms with Crippen LogP contribution in [0.25, 0.3) is 0 Å². The van der Waals surface area contributed by atoms with Crippen molar-refractivity contribution in [2.45, 2.75) is 19.6 Å². The number of alkyl halides is 3. The number of carbonyl (C=O) groups is 2. The van der Waals surface area contributed by atoms with E-state index in [-0.39, 0.29) is 19.1 Å². The monoisotopic (exact) mass is 380 g/mol. The van der Waals surface area contributed by atoms with Crippen molar-refractivity contribution in [2.75, 3.05) is 19.0 Å². The van der Waals surface area contributed by atoms with Gasteiger partial charge >= 0.3 is 12.3 Å². The Morgan fingerprint density at radius 1 is 1.04 bits per heavy atom. The molecule has 0 atom stereocenters. The topological polar surface area (TPSA) is 58.6 Å². The third kappa shape index (κ3) is 5.73. The van der Waals surface area contributed by atoms with Gasteiger partial charge in [-0.25, -0.2) is 4.79 Å². The van der Waals surface area contributed by atoms with E-state index in [9.17, 15) is 22.8 Å². The highest BCUT2D eigenvalue weighted by atomic mass is 19.4. The average Bonchev–Trinajstić information content (AvgIpc) is 2.61. The van der Waals surface area contributed by atoms with Crippen LogP contribution in [0, 0.1) is 0 Å². The van der Waals surface area contributed by atoms with E-state index in [1.54, 1.807) is 38.2 Å². The molecule has 0 heterocycles. The van der Waals surface area contributed by atoms with Crippen molar-refractivity contribution in [2.24, 2.45) is 0 Å². The number of hydrogen-bond acceptors (Lipinski definition) is 3. The maximum atomic E-state index is 12.6. The Kier molecular flexibility index (Phi) is 6.44. The first-order chi connectivity index (χ1) is 12.7. The summed E-state index contributed by atoms with van der Waals surface area (Å²) in [4.78, 5) is 25.2. The molecule has 0 unspecified atom stereocenters. The van der Waals surface area contributed by atoms with Crippen LogP contribution in [0.4, 0.5) is 23.7 Å². The molecule has 0 aliphatic rings. The van der Waals surface area contributed by atoms with Gasteiger partial charge in [-0.1, -0.05) is 12.1 Å². The number of halogens is 3. The molecular formula is C19H19F3N2O3. The number of benzene rings is 2. The normalized spacial score (nSPS) is 11.0. The zero-order valence-corrected chi connectivity index (χ0v) is 14.8. The smallest absolute Gasteiger partial charge is 0.416 e. The minimum atomic E-state index is -4.39. The van der Waals surface area contributed by atoms with E-state index in [4.69, 9.17) is 4.74 Å². The van der Waals surface area contributed by atoms with Crippen molar-refractivity contribution in [3.63, 3.8) is 0 Å². The lowest BCUT2D eigenvalue weighted by molar-refractivity contribution is -0.137. The van der Waals surface area contributed by atoms with Gasteiger partial charge in [0.05, 0.1) is 12.2 Å². The molecule has 0 bridgehead atoms. The summed E-state index contributed by atoms with van der Waals surface area (Å²) in [6, 6.07) is 10.9. The van der Waals surface area contributed by atoms with E-state index in [0.29, 0.717) is 16.8 Å². The van der Waals surface area contributed by atoms with E-state index in [1.165, 1.54) is 17.0 Å². The van der Waals surface area contributed by atoms with Crippen LogP contribution in [0.1, 0.15) is 28.4 Å². The summed E-state index contributed by atoms with van der Waals surface area (Å²) in [6.45, 7) is 2.10. The van der Waals surface area contributed by atoms with Crippen LogP contribution in [0.3, 0.4) is 0 Å². The lowest BCUT2D eigenvalue weighted by atomic mass is 10.1. The second kappa shape index (κ2) is 8.57. The van der Waals surface area contributed by atoms with Crippen LogP contribution < -0.4 is 5.32 Å². The average molecular weight is 380 g/mol. The fourth-order valence-corrected chi connectivity index (χ4v) is 2.35. The third-order valence-corrected chi connectivity index (χ3v) is 3.70. The summed E-state index contributed by atoms with van der Waals surface area (Å²) in [6.07, 6.45) is -4.98. The Bertz CT molecular complexity index is 787. The van der Waals surface area contributed by atoms with Crippen LogP contribution in [-0.2, 0) is 17.5 Å². The highest BCUT2D eigenvalue weighted by molar-refractivity contribution is 5.95. The molecule has 27 heavy (non-hydrogen) atoms. The summed E-state index contributed by atoms with van der Waals surface area (Å²) in [5.74, 6) is -0.294. The summed E-state index contributed by atoms with van der Waals surface area (Å²) in [5, 5.41) is 2.52. The van der Waals surface area contributed by atoms with Crippen molar-refractivity contribution < 1.29 is 27.5 Å². The molecule has 2 rings (SSSR count). The summed E-state index contributed by atoms with van der Waals surface area (Å²) in [5.41, 5.74) is 0.721. The van der Waals surface area contributed by atoms with Crippen molar-refractivity contribution in [1.82, 2.24) is 4.90 Å². The van der Waals surface area contributed by atoms with Gasteiger partial charge in [0.15, 0.2) is 0 Å². The van der Waals surface area contributed by atoms with Gasteiger partial charge in [0.2, 0.25) is 0 Å². The second-order valence-corrected chi connectivity index (χ2v) is 5.78. The number of nitrogens with one attached hydrogen (secondary N) is 1. The zero-order valence-electron chi connectivity index (χ0n) is 14.8. The predicted molar refractivity (Wildman–Crippen MR) is 94.3 cm³/mol. The minimum Gasteiger partial charge on any atom is -0.450 e. The summed E-state index contributed by atoms with van der Waals surface area (Å²) >= 11 is 0. The molecule has 2 aromatic carbocycles. The molecule has 2 amide bonds. The van der Waals surface area contributed by atoms with E-state index < -0.39 is 17.8 Å². The molecule has 0 saturated heterocycles. The molecule has 144 valence electrons. The van der Waals surface area contributed by atoms with E-state index in [0.717, 1.165) is 12.1 Å². The van der Waals surface area contributed by atoms with Crippen LogP contribution >= 0.6 is 0 Å². The van der Waals surface area contributed by atoms with Gasteiger partial charge in [-0.3, -0.25) is 10.1 Å². The largest absolute Gasteiger partial charge is 0.450 e. The van der Waals surface area contributed by atoms with Gasteiger partial charge in [0.25, 0.3) is 5.91 Å². The quantitative estimate of drug-likeness (QED) is 0.828. The number of hydrogen-bond donors (Lipinski definition) is 1. The number of rotatable bonds is 5. The highest BCUT2D eigenvalue weighted by Gasteiger charge is 2.30. The standard InChI is InChI=1S/C19H19F3N2O3/c1-3-27-18(26)23-16-10-6-14(7-11-16)17(25)24(2)12-13-4-8-15(9-5-13)19(20,21)22/h4-11H,3,12H2,1-2H3,(H,23,26). The van der Waals surface area contributed by atoms with Crippen molar-refractivity contribution in [3.05, 3.63) is 65.2 Å². The lowest BCUT2D eigenvalue weighted by Crippen LogP contribution is -2.26. The molecular weight excluding hydrogens is 361 g/mol. The molecule has 5 nitrogen and oxygen atoms in total. The second-order valence-electron chi connectivity index (χ2n) is 5.78. The Morgan fingerprint density at radius 3 is 2.15 bits per heavy atom. The first-order valence-electron chi connectivity index (χ1n) is 8.16. The molecule has 0 radical (unpaired) electrons.